The molecule has 92 valence electrons. The van der Waals surface area contributed by atoms with Crippen LogP contribution in [0.5, 0.6) is 0 Å². The van der Waals surface area contributed by atoms with Crippen molar-refractivity contribution in [3.8, 4) is 0 Å². The SMILES string of the molecule is CCCCN(CC1(CC(=O)O)CC1)C1CC1. The second kappa shape index (κ2) is 4.74. The molecule has 2 fully saturated rings. The molecular formula is C13H23NO2. The number of carboxylic acid groups (broad SMARTS) is 1. The lowest BCUT2D eigenvalue weighted by Crippen LogP contribution is -2.34. The van der Waals surface area contributed by atoms with E-state index in [2.05, 4.69) is 11.8 Å². The van der Waals surface area contributed by atoms with E-state index in [0.29, 0.717) is 6.42 Å². The van der Waals surface area contributed by atoms with Gasteiger partial charge >= 0.3 is 5.97 Å². The fourth-order valence-electron chi connectivity index (χ4n) is 2.51. The molecule has 0 saturated heterocycles. The third-order valence-electron chi connectivity index (χ3n) is 3.88. The molecule has 0 radical (unpaired) electrons. The van der Waals surface area contributed by atoms with Gasteiger partial charge in [0.25, 0.3) is 0 Å². The molecule has 0 unspecified atom stereocenters. The molecule has 0 aromatic heterocycles. The first-order chi connectivity index (χ1) is 7.65. The van der Waals surface area contributed by atoms with E-state index in [-0.39, 0.29) is 5.41 Å². The van der Waals surface area contributed by atoms with E-state index in [9.17, 15) is 4.79 Å². The van der Waals surface area contributed by atoms with E-state index in [1.807, 2.05) is 0 Å². The maximum Gasteiger partial charge on any atom is 0.303 e. The first-order valence-electron chi connectivity index (χ1n) is 6.61. The molecule has 0 atom stereocenters. The average Bonchev–Trinajstić information content (AvgIpc) is 3.05. The zero-order valence-corrected chi connectivity index (χ0v) is 10.2. The Kier molecular flexibility index (Phi) is 3.53. The van der Waals surface area contributed by atoms with Crippen molar-refractivity contribution in [2.24, 2.45) is 5.41 Å². The highest BCUT2D eigenvalue weighted by Crippen LogP contribution is 2.50. The van der Waals surface area contributed by atoms with E-state index in [1.165, 1.54) is 32.2 Å². The predicted molar refractivity (Wildman–Crippen MR) is 63.4 cm³/mol. The van der Waals surface area contributed by atoms with Crippen LogP contribution >= 0.6 is 0 Å². The van der Waals surface area contributed by atoms with Crippen LogP contribution in [0.1, 0.15) is 51.9 Å². The van der Waals surface area contributed by atoms with Gasteiger partial charge in [-0.05, 0) is 44.1 Å². The summed E-state index contributed by atoms with van der Waals surface area (Å²) in [5, 5.41) is 8.91. The quantitative estimate of drug-likeness (QED) is 0.690. The van der Waals surface area contributed by atoms with Crippen LogP contribution < -0.4 is 0 Å². The molecule has 0 aromatic carbocycles. The van der Waals surface area contributed by atoms with Crippen LogP contribution in [0.4, 0.5) is 0 Å². The smallest absolute Gasteiger partial charge is 0.303 e. The topological polar surface area (TPSA) is 40.5 Å². The highest BCUT2D eigenvalue weighted by molar-refractivity contribution is 5.68. The lowest BCUT2D eigenvalue weighted by Gasteiger charge is -2.26. The first-order valence-corrected chi connectivity index (χ1v) is 6.61. The zero-order valence-electron chi connectivity index (χ0n) is 10.2. The van der Waals surface area contributed by atoms with Crippen LogP contribution in [0, 0.1) is 5.41 Å². The summed E-state index contributed by atoms with van der Waals surface area (Å²) in [7, 11) is 0. The van der Waals surface area contributed by atoms with Crippen molar-refractivity contribution in [1.29, 1.82) is 0 Å². The fraction of sp³-hybridized carbons (Fsp3) is 0.923. The van der Waals surface area contributed by atoms with Gasteiger partial charge in [-0.25, -0.2) is 0 Å². The van der Waals surface area contributed by atoms with E-state index in [1.54, 1.807) is 0 Å². The molecule has 2 aliphatic carbocycles. The van der Waals surface area contributed by atoms with Crippen LogP contribution in [0.2, 0.25) is 0 Å². The van der Waals surface area contributed by atoms with E-state index in [0.717, 1.165) is 25.4 Å². The molecule has 16 heavy (non-hydrogen) atoms. The Hall–Kier alpha value is -0.570. The first kappa shape index (κ1) is 11.9. The Balaban J connectivity index is 1.82. The number of hydrogen-bond donors (Lipinski definition) is 1. The Morgan fingerprint density at radius 3 is 2.56 bits per heavy atom. The van der Waals surface area contributed by atoms with Gasteiger partial charge in [0.1, 0.15) is 0 Å². The van der Waals surface area contributed by atoms with Crippen molar-refractivity contribution in [2.45, 2.75) is 57.9 Å². The van der Waals surface area contributed by atoms with Gasteiger partial charge < -0.3 is 5.11 Å². The van der Waals surface area contributed by atoms with Crippen molar-refractivity contribution in [2.75, 3.05) is 13.1 Å². The predicted octanol–water partition coefficient (Wildman–Crippen LogP) is 2.51. The Labute approximate surface area is 97.8 Å². The molecule has 1 N–H and O–H groups in total. The summed E-state index contributed by atoms with van der Waals surface area (Å²) < 4.78 is 0. The summed E-state index contributed by atoms with van der Waals surface area (Å²) in [5.41, 5.74) is 0.141. The minimum absolute atomic E-state index is 0.141. The van der Waals surface area contributed by atoms with Gasteiger partial charge in [0, 0.05) is 12.6 Å². The summed E-state index contributed by atoms with van der Waals surface area (Å²) in [6.45, 7) is 4.42. The van der Waals surface area contributed by atoms with Gasteiger partial charge in [0.2, 0.25) is 0 Å². The second-order valence-corrected chi connectivity index (χ2v) is 5.63. The highest BCUT2D eigenvalue weighted by atomic mass is 16.4. The fourth-order valence-corrected chi connectivity index (χ4v) is 2.51. The standard InChI is InChI=1S/C13H23NO2/c1-2-3-8-14(11-4-5-11)10-13(6-7-13)9-12(15)16/h11H,2-10H2,1H3,(H,15,16). The molecule has 3 heteroatoms. The minimum atomic E-state index is -0.622. The maximum absolute atomic E-state index is 10.8. The Morgan fingerprint density at radius 2 is 2.12 bits per heavy atom. The summed E-state index contributed by atoms with van der Waals surface area (Å²) in [6, 6.07) is 0.776. The molecule has 0 spiro atoms. The van der Waals surface area contributed by atoms with Crippen molar-refractivity contribution < 1.29 is 9.90 Å². The molecule has 2 rings (SSSR count). The molecule has 0 bridgehead atoms. The molecule has 0 aromatic rings. The minimum Gasteiger partial charge on any atom is -0.481 e. The van der Waals surface area contributed by atoms with Crippen molar-refractivity contribution in [3.63, 3.8) is 0 Å². The molecule has 2 aliphatic rings. The van der Waals surface area contributed by atoms with Crippen LogP contribution in [0.15, 0.2) is 0 Å². The number of rotatable bonds is 8. The van der Waals surface area contributed by atoms with Gasteiger partial charge in [-0.3, -0.25) is 9.69 Å². The van der Waals surface area contributed by atoms with Crippen LogP contribution in [-0.2, 0) is 4.79 Å². The van der Waals surface area contributed by atoms with Crippen LogP contribution in [-0.4, -0.2) is 35.1 Å². The molecular weight excluding hydrogens is 202 g/mol. The molecule has 0 aliphatic heterocycles. The Bertz CT molecular complexity index is 257. The molecule has 0 amide bonds. The number of nitrogens with zero attached hydrogens (tertiary/aromatic N) is 1. The van der Waals surface area contributed by atoms with E-state index >= 15 is 0 Å². The van der Waals surface area contributed by atoms with Gasteiger partial charge in [-0.2, -0.15) is 0 Å². The third-order valence-corrected chi connectivity index (χ3v) is 3.88. The normalized spacial score (nSPS) is 22.4. The summed E-state index contributed by atoms with van der Waals surface area (Å²) >= 11 is 0. The lowest BCUT2D eigenvalue weighted by molar-refractivity contribution is -0.138. The van der Waals surface area contributed by atoms with Crippen molar-refractivity contribution in [1.82, 2.24) is 4.90 Å². The average molecular weight is 225 g/mol. The van der Waals surface area contributed by atoms with Crippen LogP contribution in [0.3, 0.4) is 0 Å². The summed E-state index contributed by atoms with van der Waals surface area (Å²) in [6.07, 6.45) is 7.75. The van der Waals surface area contributed by atoms with Crippen molar-refractivity contribution >= 4 is 5.97 Å². The van der Waals surface area contributed by atoms with E-state index in [4.69, 9.17) is 5.11 Å². The Morgan fingerprint density at radius 1 is 1.44 bits per heavy atom. The number of aliphatic carboxylic acids is 1. The zero-order chi connectivity index (χ0) is 11.6. The van der Waals surface area contributed by atoms with Crippen molar-refractivity contribution in [3.05, 3.63) is 0 Å². The highest BCUT2D eigenvalue weighted by Gasteiger charge is 2.47. The number of unbranched alkanes of at least 4 members (excludes halogenated alkanes) is 1. The van der Waals surface area contributed by atoms with Gasteiger partial charge in [-0.15, -0.1) is 0 Å². The van der Waals surface area contributed by atoms with Gasteiger partial charge in [0.05, 0.1) is 6.42 Å². The van der Waals surface area contributed by atoms with Crippen LogP contribution in [0.25, 0.3) is 0 Å². The van der Waals surface area contributed by atoms with Gasteiger partial charge in [-0.1, -0.05) is 13.3 Å². The monoisotopic (exact) mass is 225 g/mol. The van der Waals surface area contributed by atoms with Gasteiger partial charge in [0.15, 0.2) is 0 Å². The maximum atomic E-state index is 10.8. The lowest BCUT2D eigenvalue weighted by atomic mass is 10.0. The summed E-state index contributed by atoms with van der Waals surface area (Å²) in [4.78, 5) is 13.4. The molecule has 3 nitrogen and oxygen atoms in total. The molecule has 2 saturated carbocycles. The largest absolute Gasteiger partial charge is 0.481 e. The summed E-state index contributed by atoms with van der Waals surface area (Å²) in [5.74, 6) is -0.622. The number of hydrogen-bond acceptors (Lipinski definition) is 2. The molecule has 0 heterocycles. The second-order valence-electron chi connectivity index (χ2n) is 5.63. The number of carboxylic acids is 1. The number of carbonyl (C=O) groups is 1. The van der Waals surface area contributed by atoms with E-state index < -0.39 is 5.97 Å². The third kappa shape index (κ3) is 3.21.